The van der Waals surface area contributed by atoms with Gasteiger partial charge in [-0.05, 0) is 72.5 Å². The Morgan fingerprint density at radius 2 is 1.51 bits per heavy atom. The summed E-state index contributed by atoms with van der Waals surface area (Å²) in [6.07, 6.45) is 1.13. The molecule has 2 aliphatic rings. The Labute approximate surface area is 259 Å². The molecule has 0 saturated carbocycles. The summed E-state index contributed by atoms with van der Waals surface area (Å²) in [5.41, 5.74) is 3.64. The molecule has 2 amide bonds. The van der Waals surface area contributed by atoms with E-state index in [9.17, 15) is 23.2 Å². The largest absolute Gasteiger partial charge is 0.379 e. The van der Waals surface area contributed by atoms with Crippen molar-refractivity contribution in [1.29, 1.82) is 0 Å². The summed E-state index contributed by atoms with van der Waals surface area (Å²) in [6.45, 7) is 4.29. The number of carbonyl (C=O) groups is 3. The predicted molar refractivity (Wildman–Crippen MR) is 167 cm³/mol. The van der Waals surface area contributed by atoms with Crippen LogP contribution in [0.15, 0.2) is 78.9 Å². The van der Waals surface area contributed by atoms with Crippen LogP contribution in [0, 0.1) is 11.6 Å². The SMILES string of the molecule is O=C(NCCN1CCOCC1)c1ccc2c(c1)C(=O)c1ccc(Nc3cc(NC(=O)c4ccccc4)c(F)cc3F)cc1CC2. The Morgan fingerprint density at radius 3 is 2.31 bits per heavy atom. The number of morpholine rings is 1. The number of halogens is 2. The molecule has 0 unspecified atom stereocenters. The quantitative estimate of drug-likeness (QED) is 0.249. The molecule has 1 aliphatic heterocycles. The van der Waals surface area contributed by atoms with Crippen molar-refractivity contribution in [3.8, 4) is 0 Å². The van der Waals surface area contributed by atoms with E-state index in [1.165, 1.54) is 6.07 Å². The van der Waals surface area contributed by atoms with Gasteiger partial charge in [0.1, 0.15) is 11.6 Å². The van der Waals surface area contributed by atoms with Gasteiger partial charge in [-0.2, -0.15) is 0 Å². The zero-order valence-corrected chi connectivity index (χ0v) is 24.5. The molecule has 1 heterocycles. The van der Waals surface area contributed by atoms with Crippen LogP contribution < -0.4 is 16.0 Å². The van der Waals surface area contributed by atoms with Crippen molar-refractivity contribution < 1.29 is 27.9 Å². The smallest absolute Gasteiger partial charge is 0.255 e. The van der Waals surface area contributed by atoms with Crippen molar-refractivity contribution in [2.75, 3.05) is 50.0 Å². The van der Waals surface area contributed by atoms with Crippen LogP contribution in [0.2, 0.25) is 0 Å². The fraction of sp³-hybridized carbons (Fsp3) is 0.229. The molecular weight excluding hydrogens is 578 g/mol. The van der Waals surface area contributed by atoms with E-state index < -0.39 is 17.5 Å². The summed E-state index contributed by atoms with van der Waals surface area (Å²) in [4.78, 5) is 41.3. The third kappa shape index (κ3) is 6.92. The highest BCUT2D eigenvalue weighted by Gasteiger charge is 2.23. The Hall–Kier alpha value is -4.93. The minimum absolute atomic E-state index is 0.0350. The molecule has 1 saturated heterocycles. The molecular formula is C35H32F2N4O4. The molecule has 1 fully saturated rings. The number of ketones is 1. The van der Waals surface area contributed by atoms with Gasteiger partial charge in [0.15, 0.2) is 5.78 Å². The van der Waals surface area contributed by atoms with Crippen LogP contribution in [-0.2, 0) is 17.6 Å². The lowest BCUT2D eigenvalue weighted by atomic mass is 9.96. The summed E-state index contributed by atoms with van der Waals surface area (Å²) in [5, 5.41) is 8.40. The highest BCUT2D eigenvalue weighted by molar-refractivity contribution is 6.12. The van der Waals surface area contributed by atoms with E-state index in [1.807, 2.05) is 6.07 Å². The molecule has 0 radical (unpaired) electrons. The zero-order chi connectivity index (χ0) is 31.3. The fourth-order valence-electron chi connectivity index (χ4n) is 5.60. The van der Waals surface area contributed by atoms with Crippen LogP contribution in [0.5, 0.6) is 0 Å². The highest BCUT2D eigenvalue weighted by Crippen LogP contribution is 2.31. The first kappa shape index (κ1) is 30.1. The number of amides is 2. The molecule has 4 aromatic rings. The van der Waals surface area contributed by atoms with Crippen molar-refractivity contribution >= 4 is 34.7 Å². The summed E-state index contributed by atoms with van der Waals surface area (Å²) in [7, 11) is 0. The molecule has 4 aromatic carbocycles. The summed E-state index contributed by atoms with van der Waals surface area (Å²) in [6, 6.07) is 20.5. The molecule has 6 rings (SSSR count). The number of nitrogens with one attached hydrogen (secondary N) is 3. The normalized spacial score (nSPS) is 14.6. The number of carbonyl (C=O) groups excluding carboxylic acids is 3. The minimum Gasteiger partial charge on any atom is -0.379 e. The third-order valence-corrected chi connectivity index (χ3v) is 8.07. The number of aryl methyl sites for hydroxylation is 2. The Morgan fingerprint density at radius 1 is 0.756 bits per heavy atom. The Kier molecular flexibility index (Phi) is 8.95. The van der Waals surface area contributed by atoms with Crippen LogP contribution in [0.3, 0.4) is 0 Å². The van der Waals surface area contributed by atoms with Crippen molar-refractivity contribution in [3.05, 3.63) is 124 Å². The lowest BCUT2D eigenvalue weighted by Gasteiger charge is -2.26. The van der Waals surface area contributed by atoms with Crippen LogP contribution in [0.4, 0.5) is 25.8 Å². The lowest BCUT2D eigenvalue weighted by Crippen LogP contribution is -2.41. The first-order valence-corrected chi connectivity index (χ1v) is 14.9. The van der Waals surface area contributed by atoms with E-state index in [2.05, 4.69) is 20.9 Å². The van der Waals surface area contributed by atoms with Gasteiger partial charge in [-0.3, -0.25) is 19.3 Å². The van der Waals surface area contributed by atoms with Crippen LogP contribution in [-0.4, -0.2) is 61.9 Å². The average molecular weight is 611 g/mol. The van der Waals surface area contributed by atoms with Crippen molar-refractivity contribution in [2.45, 2.75) is 12.8 Å². The lowest BCUT2D eigenvalue weighted by molar-refractivity contribution is 0.0383. The molecule has 0 atom stereocenters. The molecule has 0 aromatic heterocycles. The van der Waals surface area contributed by atoms with Gasteiger partial charge in [0.2, 0.25) is 0 Å². The molecule has 10 heteroatoms. The average Bonchev–Trinajstić information content (AvgIpc) is 3.19. The van der Waals surface area contributed by atoms with Gasteiger partial charge in [-0.25, -0.2) is 8.78 Å². The van der Waals surface area contributed by atoms with Crippen LogP contribution in [0.1, 0.15) is 47.8 Å². The fourth-order valence-corrected chi connectivity index (χ4v) is 5.60. The van der Waals surface area contributed by atoms with Crippen molar-refractivity contribution in [3.63, 3.8) is 0 Å². The highest BCUT2D eigenvalue weighted by atomic mass is 19.1. The monoisotopic (exact) mass is 610 g/mol. The maximum Gasteiger partial charge on any atom is 0.255 e. The zero-order valence-electron chi connectivity index (χ0n) is 24.5. The second kappa shape index (κ2) is 13.4. The van der Waals surface area contributed by atoms with Gasteiger partial charge < -0.3 is 20.7 Å². The van der Waals surface area contributed by atoms with E-state index >= 15 is 0 Å². The molecule has 1 aliphatic carbocycles. The second-order valence-corrected chi connectivity index (χ2v) is 11.0. The number of benzene rings is 4. The third-order valence-electron chi connectivity index (χ3n) is 8.07. The number of nitrogens with zero attached hydrogens (tertiary/aromatic N) is 1. The van der Waals surface area contributed by atoms with E-state index in [0.29, 0.717) is 66.6 Å². The van der Waals surface area contributed by atoms with E-state index in [4.69, 9.17) is 4.74 Å². The number of rotatable bonds is 8. The number of ether oxygens (including phenoxy) is 1. The van der Waals surface area contributed by atoms with E-state index in [-0.39, 0.29) is 23.1 Å². The van der Waals surface area contributed by atoms with Gasteiger partial charge in [0.25, 0.3) is 11.8 Å². The standard InChI is InChI=1S/C35H32F2N4O4/c36-29-20-30(37)32(40-35(44)23-4-2-1-3-5-23)21-31(29)39-26-10-11-27-24(18-26)8-6-22-7-9-25(19-28(22)33(27)42)34(43)38-12-13-41-14-16-45-17-15-41/h1-5,7,9-11,18-21,39H,6,8,12-17H2,(H,38,43)(H,40,44). The van der Waals surface area contributed by atoms with Gasteiger partial charge in [0, 0.05) is 60.2 Å². The summed E-state index contributed by atoms with van der Waals surface area (Å²) < 4.78 is 34.7. The Balaban J connectivity index is 1.16. The molecule has 3 N–H and O–H groups in total. The molecule has 8 nitrogen and oxygen atoms in total. The van der Waals surface area contributed by atoms with Crippen LogP contribution >= 0.6 is 0 Å². The molecule has 0 spiro atoms. The topological polar surface area (TPSA) is 99.8 Å². The summed E-state index contributed by atoms with van der Waals surface area (Å²) >= 11 is 0. The van der Waals surface area contributed by atoms with E-state index in [0.717, 1.165) is 30.8 Å². The first-order valence-electron chi connectivity index (χ1n) is 14.9. The van der Waals surface area contributed by atoms with Crippen molar-refractivity contribution in [2.24, 2.45) is 0 Å². The number of anilines is 3. The number of hydrogen-bond acceptors (Lipinski definition) is 6. The van der Waals surface area contributed by atoms with Gasteiger partial charge >= 0.3 is 0 Å². The number of fused-ring (bicyclic) bond motifs is 2. The number of hydrogen-bond donors (Lipinski definition) is 3. The molecule has 230 valence electrons. The van der Waals surface area contributed by atoms with E-state index in [1.54, 1.807) is 60.7 Å². The molecule has 45 heavy (non-hydrogen) atoms. The van der Waals surface area contributed by atoms with Gasteiger partial charge in [-0.15, -0.1) is 0 Å². The predicted octanol–water partition coefficient (Wildman–Crippen LogP) is 5.35. The second-order valence-electron chi connectivity index (χ2n) is 11.0. The minimum atomic E-state index is -0.905. The van der Waals surface area contributed by atoms with Crippen LogP contribution in [0.25, 0.3) is 0 Å². The maximum absolute atomic E-state index is 14.8. The van der Waals surface area contributed by atoms with Gasteiger partial charge in [-0.1, -0.05) is 24.3 Å². The van der Waals surface area contributed by atoms with Gasteiger partial charge in [0.05, 0.1) is 24.6 Å². The van der Waals surface area contributed by atoms with Crippen molar-refractivity contribution in [1.82, 2.24) is 10.2 Å². The maximum atomic E-state index is 14.8. The Bertz CT molecular complexity index is 1760. The molecule has 0 bridgehead atoms. The first-order chi connectivity index (χ1) is 21.9. The summed E-state index contributed by atoms with van der Waals surface area (Å²) in [5.74, 6) is -2.68.